The van der Waals surface area contributed by atoms with Crippen LogP contribution in [0.5, 0.6) is 0 Å². The topological polar surface area (TPSA) is 43.6 Å². The van der Waals surface area contributed by atoms with E-state index < -0.39 is 8.25 Å². The maximum absolute atomic E-state index is 5.99. The smallest absolute Gasteiger partial charge is 0.189 e. The van der Waals surface area contributed by atoms with Crippen molar-refractivity contribution in [1.82, 2.24) is 20.2 Å². The molecule has 0 atom stereocenters. The molecule has 1 aromatic rings. The van der Waals surface area contributed by atoms with E-state index in [9.17, 15) is 0 Å². The summed E-state index contributed by atoms with van der Waals surface area (Å²) in [4.78, 5) is 0. The first-order valence-electron chi connectivity index (χ1n) is 5.03. The average molecular weight is 340 g/mol. The number of aromatic nitrogens is 4. The monoisotopic (exact) mass is 338 g/mol. The second kappa shape index (κ2) is 6.11. The van der Waals surface area contributed by atoms with Crippen LogP contribution in [0.25, 0.3) is 0 Å². The van der Waals surface area contributed by atoms with E-state index in [1.54, 1.807) is 0 Å². The molecule has 0 bridgehead atoms. The molecular formula is C8H11Cl5N4. The first-order chi connectivity index (χ1) is 7.80. The van der Waals surface area contributed by atoms with E-state index in [0.29, 0.717) is 12.2 Å². The van der Waals surface area contributed by atoms with Crippen molar-refractivity contribution in [3.8, 4) is 0 Å². The highest BCUT2D eigenvalue weighted by molar-refractivity contribution is 6.74. The van der Waals surface area contributed by atoms with Gasteiger partial charge in [-0.05, 0) is 16.8 Å². The number of tetrazole rings is 1. The lowest BCUT2D eigenvalue weighted by Crippen LogP contribution is -2.37. The molecule has 0 N–H and O–H groups in total. The number of alkyl halides is 5. The lowest BCUT2D eigenvalue weighted by Gasteiger charge is -2.27. The Morgan fingerprint density at radius 1 is 1.12 bits per heavy atom. The summed E-state index contributed by atoms with van der Waals surface area (Å²) in [5.41, 5.74) is 0. The molecule has 0 unspecified atom stereocenters. The van der Waals surface area contributed by atoms with Crippen molar-refractivity contribution < 1.29 is 0 Å². The minimum absolute atomic E-state index is 0.495. The SMILES string of the molecule is CCCCCc1nnnn1C(Cl)(Cl)C(Cl)(Cl)Cl. The molecule has 0 radical (unpaired) electrons. The summed E-state index contributed by atoms with van der Waals surface area (Å²) in [5, 5.41) is 11.0. The molecule has 0 spiro atoms. The van der Waals surface area contributed by atoms with Gasteiger partial charge in [0, 0.05) is 6.42 Å². The molecule has 17 heavy (non-hydrogen) atoms. The van der Waals surface area contributed by atoms with Crippen LogP contribution in [0.2, 0.25) is 0 Å². The average Bonchev–Trinajstić information content (AvgIpc) is 2.65. The van der Waals surface area contributed by atoms with E-state index in [2.05, 4.69) is 22.4 Å². The predicted octanol–water partition coefficient (Wildman–Crippen LogP) is 3.86. The number of hydrogen-bond acceptors (Lipinski definition) is 3. The fourth-order valence-corrected chi connectivity index (χ4v) is 1.74. The van der Waals surface area contributed by atoms with Gasteiger partial charge in [-0.2, -0.15) is 4.68 Å². The van der Waals surface area contributed by atoms with Gasteiger partial charge in [-0.15, -0.1) is 5.10 Å². The van der Waals surface area contributed by atoms with Gasteiger partial charge in [0.05, 0.1) is 0 Å². The second-order valence-corrected chi connectivity index (χ2v) is 7.07. The molecule has 1 aromatic heterocycles. The number of halogens is 5. The molecule has 98 valence electrons. The summed E-state index contributed by atoms with van der Waals surface area (Å²) in [7, 11) is 0. The summed E-state index contributed by atoms with van der Waals surface area (Å²) >= 11 is 29.1. The Labute approximate surface area is 124 Å². The van der Waals surface area contributed by atoms with Crippen molar-refractivity contribution in [3.63, 3.8) is 0 Å². The second-order valence-electron chi connectivity index (χ2n) is 3.50. The zero-order valence-corrected chi connectivity index (χ0v) is 12.8. The van der Waals surface area contributed by atoms with E-state index >= 15 is 0 Å². The van der Waals surface area contributed by atoms with Gasteiger partial charge in [0.2, 0.25) is 3.79 Å². The molecule has 0 aliphatic carbocycles. The van der Waals surface area contributed by atoms with Crippen LogP contribution in [-0.2, 0) is 10.9 Å². The third-order valence-electron chi connectivity index (χ3n) is 2.15. The van der Waals surface area contributed by atoms with Gasteiger partial charge >= 0.3 is 0 Å². The van der Waals surface area contributed by atoms with Crippen LogP contribution in [0.1, 0.15) is 32.0 Å². The van der Waals surface area contributed by atoms with Crippen molar-refractivity contribution in [2.75, 3.05) is 0 Å². The van der Waals surface area contributed by atoms with Gasteiger partial charge in [-0.3, -0.25) is 0 Å². The summed E-state index contributed by atoms with van der Waals surface area (Å²) in [6, 6.07) is 0. The van der Waals surface area contributed by atoms with Gasteiger partial charge in [-0.25, -0.2) is 0 Å². The van der Waals surface area contributed by atoms with Crippen molar-refractivity contribution in [2.24, 2.45) is 0 Å². The highest BCUT2D eigenvalue weighted by Crippen LogP contribution is 2.49. The summed E-state index contributed by atoms with van der Waals surface area (Å²) in [6.07, 6.45) is 3.68. The lowest BCUT2D eigenvalue weighted by atomic mass is 10.2. The first kappa shape index (κ1) is 15.6. The molecule has 1 rings (SSSR count). The van der Waals surface area contributed by atoms with Crippen molar-refractivity contribution in [2.45, 2.75) is 40.9 Å². The molecule has 1 heterocycles. The molecule has 0 saturated carbocycles. The minimum Gasteiger partial charge on any atom is -0.189 e. The predicted molar refractivity (Wildman–Crippen MR) is 71.0 cm³/mol. The number of hydrogen-bond donors (Lipinski definition) is 0. The maximum atomic E-state index is 5.99. The molecule has 0 aliphatic heterocycles. The van der Waals surface area contributed by atoms with Gasteiger partial charge in [0.25, 0.3) is 4.46 Å². The van der Waals surface area contributed by atoms with E-state index in [-0.39, 0.29) is 0 Å². The zero-order chi connectivity index (χ0) is 13.1. The molecule has 0 saturated heterocycles. The molecular weight excluding hydrogens is 329 g/mol. The van der Waals surface area contributed by atoms with Crippen LogP contribution in [0.3, 0.4) is 0 Å². The summed E-state index contributed by atoms with van der Waals surface area (Å²) < 4.78 is -2.62. The van der Waals surface area contributed by atoms with Crippen LogP contribution >= 0.6 is 58.0 Å². The Bertz CT molecular complexity index is 359. The highest BCUT2D eigenvalue weighted by atomic mass is 35.6. The van der Waals surface area contributed by atoms with Gasteiger partial charge in [0.15, 0.2) is 5.82 Å². The lowest BCUT2D eigenvalue weighted by molar-refractivity contribution is 0.493. The summed E-state index contributed by atoms with van der Waals surface area (Å²) in [6.45, 7) is 2.09. The van der Waals surface area contributed by atoms with Crippen molar-refractivity contribution in [3.05, 3.63) is 5.82 Å². The van der Waals surface area contributed by atoms with Gasteiger partial charge in [0.1, 0.15) is 0 Å². The zero-order valence-electron chi connectivity index (χ0n) is 9.01. The molecule has 0 aromatic carbocycles. The highest BCUT2D eigenvalue weighted by Gasteiger charge is 2.50. The standard InChI is InChI=1S/C8H11Cl5N4/c1-2-3-4-5-6-14-15-16-17(6)8(12,13)7(9,10)11/h2-5H2,1H3. The first-order valence-corrected chi connectivity index (χ1v) is 6.92. The van der Waals surface area contributed by atoms with Crippen LogP contribution in [0.15, 0.2) is 0 Å². The fourth-order valence-electron chi connectivity index (χ4n) is 1.23. The van der Waals surface area contributed by atoms with E-state index in [1.165, 1.54) is 0 Å². The van der Waals surface area contributed by atoms with E-state index in [0.717, 1.165) is 23.9 Å². The quantitative estimate of drug-likeness (QED) is 0.604. The maximum Gasteiger partial charge on any atom is 0.259 e. The number of aryl methyl sites for hydroxylation is 1. The third-order valence-corrected chi connectivity index (χ3v) is 4.43. The van der Waals surface area contributed by atoms with Crippen molar-refractivity contribution >= 4 is 58.0 Å². The van der Waals surface area contributed by atoms with Crippen LogP contribution in [-0.4, -0.2) is 24.0 Å². The molecule has 4 nitrogen and oxygen atoms in total. The Morgan fingerprint density at radius 3 is 2.29 bits per heavy atom. The van der Waals surface area contributed by atoms with Crippen LogP contribution < -0.4 is 0 Å². The summed E-state index contributed by atoms with van der Waals surface area (Å²) in [5.74, 6) is 0.495. The molecule has 0 aliphatic rings. The van der Waals surface area contributed by atoms with Gasteiger partial charge in [-0.1, -0.05) is 77.8 Å². The van der Waals surface area contributed by atoms with Crippen LogP contribution in [0, 0.1) is 0 Å². The molecule has 9 heteroatoms. The Morgan fingerprint density at radius 2 is 1.76 bits per heavy atom. The van der Waals surface area contributed by atoms with Crippen molar-refractivity contribution in [1.29, 1.82) is 0 Å². The Balaban J connectivity index is 2.88. The fraction of sp³-hybridized carbons (Fsp3) is 0.875. The molecule has 0 fully saturated rings. The normalized spacial score (nSPS) is 13.1. The molecule has 0 amide bonds. The minimum atomic E-state index is -1.93. The Kier molecular flexibility index (Phi) is 5.60. The number of unbranched alkanes of at least 4 members (excludes halogenated alkanes) is 2. The Hall–Kier alpha value is 0.520. The van der Waals surface area contributed by atoms with Gasteiger partial charge < -0.3 is 0 Å². The van der Waals surface area contributed by atoms with E-state index in [4.69, 9.17) is 58.0 Å². The third kappa shape index (κ3) is 3.74. The number of nitrogens with zero attached hydrogens (tertiary/aromatic N) is 4. The number of rotatable bonds is 5. The van der Waals surface area contributed by atoms with E-state index in [1.807, 2.05) is 0 Å². The van der Waals surface area contributed by atoms with Crippen LogP contribution in [0.4, 0.5) is 0 Å². The largest absolute Gasteiger partial charge is 0.259 e.